The standard InChI is InChI=1S/C20H27ClN2O4/c1-14(19(25)23-17-6-4-2-3-5-7-17)27-18(24)12-13-22-20(26)15-8-10-16(21)11-9-15/h8-11,14,17H,2-7,12-13H2,1H3,(H,22,26)(H,23,25)/t14-/m0/s1. The molecule has 0 radical (unpaired) electrons. The zero-order valence-electron chi connectivity index (χ0n) is 15.6. The third-order valence-electron chi connectivity index (χ3n) is 4.60. The number of ether oxygens (including phenoxy) is 1. The lowest BCUT2D eigenvalue weighted by Crippen LogP contribution is -2.42. The summed E-state index contributed by atoms with van der Waals surface area (Å²) in [6.07, 6.45) is 5.76. The van der Waals surface area contributed by atoms with Crippen molar-refractivity contribution in [3.8, 4) is 0 Å². The number of hydrogen-bond donors (Lipinski definition) is 2. The van der Waals surface area contributed by atoms with E-state index in [1.54, 1.807) is 31.2 Å². The number of carbonyl (C=O) groups is 3. The fourth-order valence-corrected chi connectivity index (χ4v) is 3.16. The Hall–Kier alpha value is -2.08. The molecule has 1 aromatic rings. The number of benzene rings is 1. The Morgan fingerprint density at radius 3 is 2.37 bits per heavy atom. The quantitative estimate of drug-likeness (QED) is 0.549. The summed E-state index contributed by atoms with van der Waals surface area (Å²) in [6.45, 7) is 1.70. The van der Waals surface area contributed by atoms with Gasteiger partial charge in [0.1, 0.15) is 0 Å². The third-order valence-corrected chi connectivity index (χ3v) is 4.85. The minimum absolute atomic E-state index is 0.000375. The molecule has 1 aromatic carbocycles. The molecule has 0 unspecified atom stereocenters. The lowest BCUT2D eigenvalue weighted by atomic mass is 10.1. The van der Waals surface area contributed by atoms with Gasteiger partial charge in [-0.25, -0.2) is 0 Å². The molecule has 1 aliphatic carbocycles. The number of hydrogen-bond acceptors (Lipinski definition) is 4. The summed E-state index contributed by atoms with van der Waals surface area (Å²) in [5.41, 5.74) is 0.462. The van der Waals surface area contributed by atoms with Crippen LogP contribution in [0.3, 0.4) is 0 Å². The Bertz CT molecular complexity index is 640. The van der Waals surface area contributed by atoms with Gasteiger partial charge in [-0.3, -0.25) is 14.4 Å². The maximum absolute atomic E-state index is 12.2. The molecule has 2 rings (SSSR count). The molecule has 0 aliphatic heterocycles. The van der Waals surface area contributed by atoms with Crippen molar-refractivity contribution in [1.82, 2.24) is 10.6 Å². The number of halogens is 1. The summed E-state index contributed by atoms with van der Waals surface area (Å²) >= 11 is 5.78. The summed E-state index contributed by atoms with van der Waals surface area (Å²) in [5.74, 6) is -1.08. The van der Waals surface area contributed by atoms with Gasteiger partial charge in [0.15, 0.2) is 6.10 Å². The maximum Gasteiger partial charge on any atom is 0.308 e. The fourth-order valence-electron chi connectivity index (χ4n) is 3.03. The zero-order valence-corrected chi connectivity index (χ0v) is 16.4. The van der Waals surface area contributed by atoms with E-state index in [0.717, 1.165) is 25.7 Å². The first-order chi connectivity index (χ1) is 13.0. The van der Waals surface area contributed by atoms with E-state index in [-0.39, 0.29) is 30.8 Å². The first-order valence-corrected chi connectivity index (χ1v) is 9.87. The number of rotatable bonds is 7. The number of carbonyl (C=O) groups excluding carboxylic acids is 3. The van der Waals surface area contributed by atoms with Gasteiger partial charge >= 0.3 is 5.97 Å². The summed E-state index contributed by atoms with van der Waals surface area (Å²) in [7, 11) is 0. The van der Waals surface area contributed by atoms with Crippen LogP contribution in [0.15, 0.2) is 24.3 Å². The minimum atomic E-state index is -0.840. The summed E-state index contributed by atoms with van der Waals surface area (Å²) in [4.78, 5) is 36.0. The normalized spacial score (nSPS) is 16.1. The van der Waals surface area contributed by atoms with E-state index in [4.69, 9.17) is 16.3 Å². The molecule has 1 atom stereocenters. The van der Waals surface area contributed by atoms with Crippen LogP contribution in [0.4, 0.5) is 0 Å². The van der Waals surface area contributed by atoms with Crippen molar-refractivity contribution >= 4 is 29.4 Å². The smallest absolute Gasteiger partial charge is 0.308 e. The van der Waals surface area contributed by atoms with Crippen LogP contribution in [0.25, 0.3) is 0 Å². The van der Waals surface area contributed by atoms with E-state index >= 15 is 0 Å². The highest BCUT2D eigenvalue weighted by molar-refractivity contribution is 6.30. The Balaban J connectivity index is 1.67. The largest absolute Gasteiger partial charge is 0.452 e. The van der Waals surface area contributed by atoms with Gasteiger partial charge in [-0.2, -0.15) is 0 Å². The van der Waals surface area contributed by atoms with Crippen molar-refractivity contribution in [3.05, 3.63) is 34.9 Å². The molecule has 0 saturated heterocycles. The van der Waals surface area contributed by atoms with Crippen molar-refractivity contribution in [1.29, 1.82) is 0 Å². The van der Waals surface area contributed by atoms with Gasteiger partial charge in [0, 0.05) is 23.2 Å². The predicted octanol–water partition coefficient (Wildman–Crippen LogP) is 3.23. The van der Waals surface area contributed by atoms with Gasteiger partial charge in [-0.05, 0) is 44.0 Å². The fraction of sp³-hybridized carbons (Fsp3) is 0.550. The van der Waals surface area contributed by atoms with E-state index in [1.807, 2.05) is 0 Å². The monoisotopic (exact) mass is 394 g/mol. The molecule has 0 spiro atoms. The molecule has 2 amide bonds. The van der Waals surface area contributed by atoms with Crippen molar-refractivity contribution in [2.45, 2.75) is 64.0 Å². The summed E-state index contributed by atoms with van der Waals surface area (Å²) in [6, 6.07) is 6.63. The second-order valence-corrected chi connectivity index (χ2v) is 7.28. The van der Waals surface area contributed by atoms with Crippen LogP contribution in [-0.2, 0) is 14.3 Å². The molecule has 148 valence electrons. The van der Waals surface area contributed by atoms with Gasteiger partial charge in [-0.1, -0.05) is 37.3 Å². The molecule has 2 N–H and O–H groups in total. The van der Waals surface area contributed by atoms with Crippen LogP contribution < -0.4 is 10.6 Å². The first kappa shape index (κ1) is 21.2. The first-order valence-electron chi connectivity index (χ1n) is 9.49. The Labute approximate surface area is 165 Å². The number of nitrogens with one attached hydrogen (secondary N) is 2. The van der Waals surface area contributed by atoms with Crippen LogP contribution in [0.1, 0.15) is 62.2 Å². The predicted molar refractivity (Wildman–Crippen MR) is 104 cm³/mol. The second-order valence-electron chi connectivity index (χ2n) is 6.84. The van der Waals surface area contributed by atoms with Crippen molar-refractivity contribution < 1.29 is 19.1 Å². The Kier molecular flexibility index (Phi) is 8.58. The molecule has 1 aliphatic rings. The van der Waals surface area contributed by atoms with Gasteiger partial charge < -0.3 is 15.4 Å². The molecule has 1 fully saturated rings. The lowest BCUT2D eigenvalue weighted by molar-refractivity contribution is -0.155. The minimum Gasteiger partial charge on any atom is -0.452 e. The van der Waals surface area contributed by atoms with Crippen LogP contribution in [0, 0.1) is 0 Å². The highest BCUT2D eigenvalue weighted by Crippen LogP contribution is 2.17. The SMILES string of the molecule is C[C@H](OC(=O)CCNC(=O)c1ccc(Cl)cc1)C(=O)NC1CCCCCC1. The van der Waals surface area contributed by atoms with Crippen LogP contribution >= 0.6 is 11.6 Å². The van der Waals surface area contributed by atoms with Gasteiger partial charge in [0.2, 0.25) is 0 Å². The maximum atomic E-state index is 12.2. The topological polar surface area (TPSA) is 84.5 Å². The van der Waals surface area contributed by atoms with Crippen molar-refractivity contribution in [2.75, 3.05) is 6.54 Å². The highest BCUT2D eigenvalue weighted by Gasteiger charge is 2.21. The Morgan fingerprint density at radius 2 is 1.74 bits per heavy atom. The van der Waals surface area contributed by atoms with E-state index in [0.29, 0.717) is 10.6 Å². The molecule has 0 heterocycles. The molecular formula is C20H27ClN2O4. The molecule has 0 bridgehead atoms. The number of amides is 2. The van der Waals surface area contributed by atoms with Crippen LogP contribution in [0.5, 0.6) is 0 Å². The molecular weight excluding hydrogens is 368 g/mol. The number of esters is 1. The molecule has 1 saturated carbocycles. The zero-order chi connectivity index (χ0) is 19.6. The van der Waals surface area contributed by atoms with Gasteiger partial charge in [0.05, 0.1) is 6.42 Å². The van der Waals surface area contributed by atoms with Gasteiger partial charge in [-0.15, -0.1) is 0 Å². The van der Waals surface area contributed by atoms with E-state index < -0.39 is 12.1 Å². The Morgan fingerprint density at radius 1 is 1.11 bits per heavy atom. The molecule has 7 heteroatoms. The van der Waals surface area contributed by atoms with Crippen molar-refractivity contribution in [2.24, 2.45) is 0 Å². The second kappa shape index (κ2) is 10.9. The van der Waals surface area contributed by atoms with Gasteiger partial charge in [0.25, 0.3) is 11.8 Å². The lowest BCUT2D eigenvalue weighted by Gasteiger charge is -2.19. The van der Waals surface area contributed by atoms with Crippen LogP contribution in [-0.4, -0.2) is 36.5 Å². The van der Waals surface area contributed by atoms with E-state index in [9.17, 15) is 14.4 Å². The van der Waals surface area contributed by atoms with E-state index in [2.05, 4.69) is 10.6 Å². The van der Waals surface area contributed by atoms with Crippen molar-refractivity contribution in [3.63, 3.8) is 0 Å². The third kappa shape index (κ3) is 7.59. The summed E-state index contributed by atoms with van der Waals surface area (Å²) < 4.78 is 5.17. The van der Waals surface area contributed by atoms with Crippen LogP contribution in [0.2, 0.25) is 5.02 Å². The molecule has 6 nitrogen and oxygen atoms in total. The molecule has 0 aromatic heterocycles. The average Bonchev–Trinajstić information content (AvgIpc) is 2.90. The summed E-state index contributed by atoms with van der Waals surface area (Å²) in [5, 5.41) is 6.16. The molecule has 27 heavy (non-hydrogen) atoms. The highest BCUT2D eigenvalue weighted by atomic mass is 35.5. The average molecular weight is 395 g/mol. The van der Waals surface area contributed by atoms with E-state index in [1.165, 1.54) is 12.8 Å².